The van der Waals surface area contributed by atoms with Crippen molar-refractivity contribution in [2.75, 3.05) is 0 Å². The molecule has 2 nitrogen and oxygen atoms in total. The molecule has 4 aromatic rings. The number of carbonyl (C=O) groups is 2. The van der Waals surface area contributed by atoms with Gasteiger partial charge in [-0.3, -0.25) is 9.59 Å². The Balaban J connectivity index is 1.57. The average Bonchev–Trinajstić information content (AvgIpc) is 3.36. The molecule has 0 aromatic heterocycles. The lowest BCUT2D eigenvalue weighted by atomic mass is 9.70. The van der Waals surface area contributed by atoms with E-state index in [-0.39, 0.29) is 5.41 Å². The van der Waals surface area contributed by atoms with Gasteiger partial charge in [0.15, 0.2) is 0 Å². The van der Waals surface area contributed by atoms with E-state index in [0.29, 0.717) is 11.1 Å². The van der Waals surface area contributed by atoms with Crippen LogP contribution in [0, 0.1) is 0 Å². The molecule has 0 amide bonds. The third-order valence-corrected chi connectivity index (χ3v) is 10.0. The van der Waals surface area contributed by atoms with E-state index in [1.165, 1.54) is 110 Å². The molecule has 0 radical (unpaired) electrons. The van der Waals surface area contributed by atoms with Crippen molar-refractivity contribution < 1.29 is 9.59 Å². The van der Waals surface area contributed by atoms with Gasteiger partial charge >= 0.3 is 0 Å². The molecule has 0 heterocycles. The summed E-state index contributed by atoms with van der Waals surface area (Å²) in [6.07, 6.45) is 19.7. The zero-order valence-corrected chi connectivity index (χ0v) is 27.5. The summed E-state index contributed by atoms with van der Waals surface area (Å²) in [5, 5.41) is 0. The first-order valence-corrected chi connectivity index (χ1v) is 17.5. The first kappa shape index (κ1) is 32.6. The van der Waals surface area contributed by atoms with Crippen LogP contribution in [0.25, 0.3) is 33.4 Å². The van der Waals surface area contributed by atoms with Crippen molar-refractivity contribution in [3.63, 3.8) is 0 Å². The standard InChI is InChI=1S/C43H50O2/c1-3-5-7-9-11-13-27-43(28-14-12-10-8-6-4-2)41-29-37(35-19-15-33(31-44)16-20-35)23-25-39(41)40-26-24-38(30-42(40)43)36-21-17-34(32-45)18-22-36/h15-26,29-32H,3-14,27-28H2,1-2H3. The summed E-state index contributed by atoms with van der Waals surface area (Å²) in [5.41, 5.74) is 11.8. The molecule has 0 aliphatic heterocycles. The molecule has 0 spiro atoms. The fourth-order valence-electron chi connectivity index (χ4n) is 7.44. The normalized spacial score (nSPS) is 12.9. The fraction of sp³-hybridized carbons (Fsp3) is 0.395. The molecule has 0 saturated carbocycles. The Morgan fingerprint density at radius 3 is 1.18 bits per heavy atom. The Morgan fingerprint density at radius 2 is 0.800 bits per heavy atom. The number of unbranched alkanes of at least 4 members (excludes halogenated alkanes) is 10. The van der Waals surface area contributed by atoms with Gasteiger partial charge in [0.2, 0.25) is 0 Å². The van der Waals surface area contributed by atoms with Crippen LogP contribution in [0.15, 0.2) is 84.9 Å². The summed E-state index contributed by atoms with van der Waals surface area (Å²) in [6, 6.07) is 30.2. The third-order valence-electron chi connectivity index (χ3n) is 10.0. The van der Waals surface area contributed by atoms with Crippen LogP contribution in [0.5, 0.6) is 0 Å². The fourth-order valence-corrected chi connectivity index (χ4v) is 7.44. The van der Waals surface area contributed by atoms with Gasteiger partial charge in [-0.25, -0.2) is 0 Å². The Morgan fingerprint density at radius 1 is 0.444 bits per heavy atom. The lowest BCUT2D eigenvalue weighted by molar-refractivity contribution is 0.111. The predicted molar refractivity (Wildman–Crippen MR) is 190 cm³/mol. The second kappa shape index (κ2) is 16.0. The Bertz CT molecular complexity index is 1430. The molecular weight excluding hydrogens is 548 g/mol. The smallest absolute Gasteiger partial charge is 0.150 e. The van der Waals surface area contributed by atoms with Crippen molar-refractivity contribution in [1.82, 2.24) is 0 Å². The van der Waals surface area contributed by atoms with Gasteiger partial charge in [-0.1, -0.05) is 164 Å². The van der Waals surface area contributed by atoms with Gasteiger partial charge in [-0.05, 0) is 69.5 Å². The van der Waals surface area contributed by atoms with Gasteiger partial charge in [0.05, 0.1) is 0 Å². The van der Waals surface area contributed by atoms with Crippen LogP contribution in [0.2, 0.25) is 0 Å². The van der Waals surface area contributed by atoms with Gasteiger partial charge < -0.3 is 0 Å². The van der Waals surface area contributed by atoms with Crippen molar-refractivity contribution in [2.24, 2.45) is 0 Å². The zero-order valence-electron chi connectivity index (χ0n) is 27.5. The maximum atomic E-state index is 11.3. The molecular formula is C43H50O2. The van der Waals surface area contributed by atoms with Gasteiger partial charge in [0, 0.05) is 16.5 Å². The number of hydrogen-bond donors (Lipinski definition) is 0. The van der Waals surface area contributed by atoms with Gasteiger partial charge in [0.1, 0.15) is 12.6 Å². The van der Waals surface area contributed by atoms with Crippen molar-refractivity contribution in [2.45, 2.75) is 109 Å². The Kier molecular flexibility index (Phi) is 11.6. The summed E-state index contributed by atoms with van der Waals surface area (Å²) in [7, 11) is 0. The summed E-state index contributed by atoms with van der Waals surface area (Å²) in [4.78, 5) is 22.7. The lowest BCUT2D eigenvalue weighted by Gasteiger charge is -2.33. The van der Waals surface area contributed by atoms with Crippen LogP contribution in [0.4, 0.5) is 0 Å². The quantitative estimate of drug-likeness (QED) is 0.0843. The van der Waals surface area contributed by atoms with Crippen LogP contribution in [-0.4, -0.2) is 12.6 Å². The van der Waals surface area contributed by atoms with E-state index in [2.05, 4.69) is 74.5 Å². The first-order chi connectivity index (χ1) is 22.1. The van der Waals surface area contributed by atoms with Gasteiger partial charge in [-0.2, -0.15) is 0 Å². The highest BCUT2D eigenvalue weighted by Gasteiger charge is 2.42. The molecule has 5 rings (SSSR count). The molecule has 4 aromatic carbocycles. The second-order valence-electron chi connectivity index (χ2n) is 13.1. The van der Waals surface area contributed by atoms with Gasteiger partial charge in [-0.15, -0.1) is 0 Å². The average molecular weight is 599 g/mol. The van der Waals surface area contributed by atoms with E-state index in [0.717, 1.165) is 36.5 Å². The molecule has 45 heavy (non-hydrogen) atoms. The minimum atomic E-state index is -0.0301. The Labute approximate surface area is 271 Å². The third kappa shape index (κ3) is 7.55. The van der Waals surface area contributed by atoms with Crippen molar-refractivity contribution >= 4 is 12.6 Å². The predicted octanol–water partition coefficient (Wildman–Crippen LogP) is 12.4. The van der Waals surface area contributed by atoms with Crippen molar-refractivity contribution in [1.29, 1.82) is 0 Å². The molecule has 1 aliphatic carbocycles. The van der Waals surface area contributed by atoms with E-state index in [1.807, 2.05) is 24.3 Å². The Hall–Kier alpha value is -3.78. The highest BCUT2D eigenvalue weighted by molar-refractivity contribution is 5.87. The number of fused-ring (bicyclic) bond motifs is 3. The van der Waals surface area contributed by atoms with Crippen LogP contribution >= 0.6 is 0 Å². The molecule has 0 saturated heterocycles. The number of rotatable bonds is 18. The highest BCUT2D eigenvalue weighted by atomic mass is 16.1. The SMILES string of the molecule is CCCCCCCCC1(CCCCCCCC)c2cc(-c3ccc(C=O)cc3)ccc2-c2ccc(-c3ccc(C=O)cc3)cc21. The lowest BCUT2D eigenvalue weighted by Crippen LogP contribution is -2.25. The molecule has 0 bridgehead atoms. The molecule has 0 fully saturated rings. The maximum absolute atomic E-state index is 11.3. The molecule has 1 aliphatic rings. The van der Waals surface area contributed by atoms with Gasteiger partial charge in [0.25, 0.3) is 0 Å². The zero-order chi connectivity index (χ0) is 31.5. The first-order valence-electron chi connectivity index (χ1n) is 17.5. The topological polar surface area (TPSA) is 34.1 Å². The van der Waals surface area contributed by atoms with Crippen LogP contribution in [0.3, 0.4) is 0 Å². The molecule has 0 unspecified atom stereocenters. The summed E-state index contributed by atoms with van der Waals surface area (Å²) in [6.45, 7) is 4.58. The molecule has 0 N–H and O–H groups in total. The minimum absolute atomic E-state index is 0.0301. The van der Waals surface area contributed by atoms with Crippen molar-refractivity contribution in [3.05, 3.63) is 107 Å². The van der Waals surface area contributed by atoms with Crippen LogP contribution < -0.4 is 0 Å². The van der Waals surface area contributed by atoms with E-state index < -0.39 is 0 Å². The number of aldehydes is 2. The largest absolute Gasteiger partial charge is 0.298 e. The van der Waals surface area contributed by atoms with Crippen LogP contribution in [-0.2, 0) is 5.41 Å². The van der Waals surface area contributed by atoms with E-state index in [1.54, 1.807) is 0 Å². The number of hydrogen-bond acceptors (Lipinski definition) is 2. The molecule has 0 atom stereocenters. The summed E-state index contributed by atoms with van der Waals surface area (Å²) in [5.74, 6) is 0. The number of carbonyl (C=O) groups excluding carboxylic acids is 2. The monoisotopic (exact) mass is 598 g/mol. The number of benzene rings is 4. The molecule has 234 valence electrons. The minimum Gasteiger partial charge on any atom is -0.298 e. The second-order valence-corrected chi connectivity index (χ2v) is 13.1. The molecule has 2 heteroatoms. The van der Waals surface area contributed by atoms with E-state index in [4.69, 9.17) is 0 Å². The van der Waals surface area contributed by atoms with E-state index in [9.17, 15) is 9.59 Å². The van der Waals surface area contributed by atoms with E-state index >= 15 is 0 Å². The summed E-state index contributed by atoms with van der Waals surface area (Å²) < 4.78 is 0. The maximum Gasteiger partial charge on any atom is 0.150 e. The highest BCUT2D eigenvalue weighted by Crippen LogP contribution is 2.55. The summed E-state index contributed by atoms with van der Waals surface area (Å²) >= 11 is 0. The van der Waals surface area contributed by atoms with Crippen molar-refractivity contribution in [3.8, 4) is 33.4 Å². The van der Waals surface area contributed by atoms with Crippen LogP contribution in [0.1, 0.15) is 136 Å².